The van der Waals surface area contributed by atoms with Gasteiger partial charge in [0.25, 0.3) is 0 Å². The maximum Gasteiger partial charge on any atom is 0.240 e. The minimum atomic E-state index is -0.0511. The summed E-state index contributed by atoms with van der Waals surface area (Å²) in [4.78, 5) is 24.4. The number of fused-ring (bicyclic) bond motifs is 1. The molecule has 6 heteroatoms. The van der Waals surface area contributed by atoms with Crippen LogP contribution in [0.15, 0.2) is 41.3 Å². The summed E-state index contributed by atoms with van der Waals surface area (Å²) in [6.07, 6.45) is 7.70. The standard InChI is InChI=1S/C19H25N3O2.ClH/c20-12-16(14-6-2-1-3-7-14)21-19(24)13-22-11-10-18(23)15-8-4-5-9-17(15)22;/h4-5,8-11,14,16H,1-3,6-7,12-13,20H2,(H,21,24);1H. The third kappa shape index (κ3) is 4.61. The van der Waals surface area contributed by atoms with Crippen LogP contribution in [0.2, 0.25) is 0 Å². The number of carbonyl (C=O) groups excluding carboxylic acids is 1. The van der Waals surface area contributed by atoms with Crippen molar-refractivity contribution >= 4 is 29.2 Å². The van der Waals surface area contributed by atoms with Crippen molar-refractivity contribution in [3.8, 4) is 0 Å². The number of pyridine rings is 1. The van der Waals surface area contributed by atoms with Gasteiger partial charge in [-0.3, -0.25) is 9.59 Å². The Morgan fingerprint density at radius 3 is 2.64 bits per heavy atom. The van der Waals surface area contributed by atoms with Crippen molar-refractivity contribution in [3.63, 3.8) is 0 Å². The fraction of sp³-hybridized carbons (Fsp3) is 0.474. The molecule has 1 atom stereocenters. The summed E-state index contributed by atoms with van der Waals surface area (Å²) in [6, 6.07) is 8.92. The molecule has 0 bridgehead atoms. The number of hydrogen-bond donors (Lipinski definition) is 2. The van der Waals surface area contributed by atoms with Crippen molar-refractivity contribution in [2.24, 2.45) is 11.7 Å². The number of benzene rings is 1. The molecular formula is C19H26ClN3O2. The molecule has 1 heterocycles. The third-order valence-electron chi connectivity index (χ3n) is 5.02. The van der Waals surface area contributed by atoms with E-state index in [1.54, 1.807) is 12.3 Å². The topological polar surface area (TPSA) is 77.1 Å². The molecule has 1 aliphatic rings. The Labute approximate surface area is 154 Å². The second-order valence-corrected chi connectivity index (χ2v) is 6.63. The van der Waals surface area contributed by atoms with Crippen molar-refractivity contribution in [2.45, 2.75) is 44.7 Å². The van der Waals surface area contributed by atoms with Crippen LogP contribution < -0.4 is 16.5 Å². The van der Waals surface area contributed by atoms with Crippen LogP contribution in [0.5, 0.6) is 0 Å². The molecule has 2 aromatic rings. The summed E-state index contributed by atoms with van der Waals surface area (Å²) in [5, 5.41) is 3.74. The van der Waals surface area contributed by atoms with Crippen LogP contribution in [-0.4, -0.2) is 23.1 Å². The van der Waals surface area contributed by atoms with Gasteiger partial charge >= 0.3 is 0 Å². The lowest BCUT2D eigenvalue weighted by atomic mass is 9.84. The largest absolute Gasteiger partial charge is 0.350 e. The van der Waals surface area contributed by atoms with Gasteiger partial charge in [0.15, 0.2) is 5.43 Å². The molecule has 1 aromatic carbocycles. The van der Waals surface area contributed by atoms with E-state index in [0.29, 0.717) is 17.8 Å². The van der Waals surface area contributed by atoms with E-state index >= 15 is 0 Å². The van der Waals surface area contributed by atoms with E-state index in [1.165, 1.54) is 25.3 Å². The van der Waals surface area contributed by atoms with Gasteiger partial charge in [-0.2, -0.15) is 0 Å². The van der Waals surface area contributed by atoms with Gasteiger partial charge in [0.2, 0.25) is 5.91 Å². The van der Waals surface area contributed by atoms with E-state index in [4.69, 9.17) is 5.73 Å². The van der Waals surface area contributed by atoms with Gasteiger partial charge < -0.3 is 15.6 Å². The lowest BCUT2D eigenvalue weighted by Crippen LogP contribution is -2.47. The monoisotopic (exact) mass is 363 g/mol. The van der Waals surface area contributed by atoms with Gasteiger partial charge in [-0.25, -0.2) is 0 Å². The number of nitrogens with zero attached hydrogens (tertiary/aromatic N) is 1. The lowest BCUT2D eigenvalue weighted by Gasteiger charge is -2.30. The van der Waals surface area contributed by atoms with Crippen LogP contribution in [0.3, 0.4) is 0 Å². The van der Waals surface area contributed by atoms with E-state index in [9.17, 15) is 9.59 Å². The Bertz CT molecular complexity index is 769. The summed E-state index contributed by atoms with van der Waals surface area (Å²) in [5.41, 5.74) is 6.65. The number of nitrogens with one attached hydrogen (secondary N) is 1. The van der Waals surface area contributed by atoms with E-state index in [0.717, 1.165) is 18.4 Å². The summed E-state index contributed by atoms with van der Waals surface area (Å²) in [6.45, 7) is 0.672. The van der Waals surface area contributed by atoms with Gasteiger partial charge in [-0.05, 0) is 30.9 Å². The first-order chi connectivity index (χ1) is 11.7. The molecule has 0 saturated heterocycles. The highest BCUT2D eigenvalue weighted by Crippen LogP contribution is 2.26. The fourth-order valence-electron chi connectivity index (χ4n) is 3.71. The number of amides is 1. The van der Waals surface area contributed by atoms with E-state index in [1.807, 2.05) is 22.8 Å². The van der Waals surface area contributed by atoms with Gasteiger partial charge in [-0.15, -0.1) is 12.4 Å². The molecule has 0 aliphatic heterocycles. The molecule has 1 aliphatic carbocycles. The minimum Gasteiger partial charge on any atom is -0.350 e. The van der Waals surface area contributed by atoms with Gasteiger partial charge in [0.05, 0.1) is 5.52 Å². The number of hydrogen-bond acceptors (Lipinski definition) is 3. The highest BCUT2D eigenvalue weighted by Gasteiger charge is 2.24. The minimum absolute atomic E-state index is 0. The average molecular weight is 364 g/mol. The van der Waals surface area contributed by atoms with Crippen molar-refractivity contribution in [1.82, 2.24) is 9.88 Å². The summed E-state index contributed by atoms with van der Waals surface area (Å²) in [7, 11) is 0. The van der Waals surface area contributed by atoms with E-state index < -0.39 is 0 Å². The predicted octanol–water partition coefficient (Wildman–Crippen LogP) is 2.45. The number of aromatic nitrogens is 1. The average Bonchev–Trinajstić information content (AvgIpc) is 2.63. The molecule has 1 aromatic heterocycles. The summed E-state index contributed by atoms with van der Waals surface area (Å²) in [5.74, 6) is 0.434. The maximum atomic E-state index is 12.5. The summed E-state index contributed by atoms with van der Waals surface area (Å²) < 4.78 is 1.82. The normalized spacial score (nSPS) is 16.2. The zero-order valence-corrected chi connectivity index (χ0v) is 15.1. The fourth-order valence-corrected chi connectivity index (χ4v) is 3.71. The first kappa shape index (κ1) is 19.5. The molecule has 0 radical (unpaired) electrons. The molecule has 0 spiro atoms. The predicted molar refractivity (Wildman–Crippen MR) is 103 cm³/mol. The van der Waals surface area contributed by atoms with Crippen molar-refractivity contribution in [2.75, 3.05) is 6.54 Å². The Morgan fingerprint density at radius 1 is 1.20 bits per heavy atom. The second kappa shape index (κ2) is 9.02. The molecule has 1 unspecified atom stereocenters. The molecule has 3 N–H and O–H groups in total. The van der Waals surface area contributed by atoms with Gasteiger partial charge in [0, 0.05) is 30.2 Å². The van der Waals surface area contributed by atoms with E-state index in [2.05, 4.69) is 5.32 Å². The number of rotatable bonds is 5. The van der Waals surface area contributed by atoms with Crippen LogP contribution in [0.1, 0.15) is 32.1 Å². The molecule has 136 valence electrons. The summed E-state index contributed by atoms with van der Waals surface area (Å²) >= 11 is 0. The Morgan fingerprint density at radius 2 is 1.92 bits per heavy atom. The maximum absolute atomic E-state index is 12.5. The third-order valence-corrected chi connectivity index (χ3v) is 5.02. The highest BCUT2D eigenvalue weighted by molar-refractivity contribution is 5.85. The second-order valence-electron chi connectivity index (χ2n) is 6.63. The van der Waals surface area contributed by atoms with Gasteiger partial charge in [-0.1, -0.05) is 31.4 Å². The Hall–Kier alpha value is -1.85. The number of nitrogens with two attached hydrogens (primary N) is 1. The number of carbonyl (C=O) groups is 1. The molecule has 5 nitrogen and oxygen atoms in total. The number of halogens is 1. The molecule has 1 amide bonds. The zero-order valence-electron chi connectivity index (χ0n) is 14.3. The zero-order chi connectivity index (χ0) is 16.9. The quantitative estimate of drug-likeness (QED) is 0.856. The lowest BCUT2D eigenvalue weighted by molar-refractivity contribution is -0.122. The first-order valence-corrected chi connectivity index (χ1v) is 8.76. The van der Waals surface area contributed by atoms with Crippen LogP contribution in [0, 0.1) is 5.92 Å². The molecule has 3 rings (SSSR count). The van der Waals surface area contributed by atoms with Gasteiger partial charge in [0.1, 0.15) is 6.54 Å². The Kier molecular flexibility index (Phi) is 7.02. The molecule has 1 fully saturated rings. The SMILES string of the molecule is Cl.NCC(NC(=O)Cn1ccc(=O)c2ccccc21)C1CCCCC1. The highest BCUT2D eigenvalue weighted by atomic mass is 35.5. The smallest absolute Gasteiger partial charge is 0.240 e. The van der Waals surface area contributed by atoms with Crippen LogP contribution >= 0.6 is 12.4 Å². The Balaban J connectivity index is 0.00000225. The van der Waals surface area contributed by atoms with Crippen molar-refractivity contribution < 1.29 is 4.79 Å². The van der Waals surface area contributed by atoms with E-state index in [-0.39, 0.29) is 36.3 Å². The molecule has 25 heavy (non-hydrogen) atoms. The van der Waals surface area contributed by atoms with Crippen LogP contribution in [0.4, 0.5) is 0 Å². The number of para-hydroxylation sites is 1. The van der Waals surface area contributed by atoms with Crippen molar-refractivity contribution in [1.29, 1.82) is 0 Å². The van der Waals surface area contributed by atoms with Crippen LogP contribution in [-0.2, 0) is 11.3 Å². The van der Waals surface area contributed by atoms with Crippen molar-refractivity contribution in [3.05, 3.63) is 46.8 Å². The first-order valence-electron chi connectivity index (χ1n) is 8.76. The molecule has 1 saturated carbocycles. The van der Waals surface area contributed by atoms with Crippen LogP contribution in [0.25, 0.3) is 10.9 Å². The molecular weight excluding hydrogens is 338 g/mol.